The zero-order valence-corrected chi connectivity index (χ0v) is 20.7. The molecule has 0 saturated heterocycles. The Morgan fingerprint density at radius 3 is 1.55 bits per heavy atom. The molecule has 0 bridgehead atoms. The minimum Gasteiger partial charge on any atom is -0.398 e. The fourth-order valence-corrected chi connectivity index (χ4v) is 2.89. The molecule has 6 N–H and O–H groups in total. The van der Waals surface area contributed by atoms with E-state index in [4.69, 9.17) is 17.2 Å². The predicted molar refractivity (Wildman–Crippen MR) is 139 cm³/mol. The Kier molecular flexibility index (Phi) is 10.4. The van der Waals surface area contributed by atoms with Crippen LogP contribution in [-0.2, 0) is 0 Å². The first-order valence-corrected chi connectivity index (χ1v) is 11.4. The second-order valence-electron chi connectivity index (χ2n) is 10.0. The van der Waals surface area contributed by atoms with Crippen LogP contribution in [-0.4, -0.2) is 18.1 Å². The van der Waals surface area contributed by atoms with Crippen molar-refractivity contribution in [3.8, 4) is 0 Å². The number of nitrogen functional groups attached to an aromatic ring is 1. The lowest BCUT2D eigenvalue weighted by molar-refractivity contribution is 0.261. The zero-order valence-electron chi connectivity index (χ0n) is 20.7. The maximum absolute atomic E-state index is 6.11. The van der Waals surface area contributed by atoms with Gasteiger partial charge in [0.25, 0.3) is 0 Å². The summed E-state index contributed by atoms with van der Waals surface area (Å²) in [5.74, 6) is 0.687. The molecule has 0 fully saturated rings. The number of aromatic nitrogens is 1. The van der Waals surface area contributed by atoms with Gasteiger partial charge in [-0.15, -0.1) is 0 Å². The van der Waals surface area contributed by atoms with Crippen molar-refractivity contribution in [3.05, 3.63) is 48.5 Å². The maximum atomic E-state index is 6.11. The molecule has 31 heavy (non-hydrogen) atoms. The lowest BCUT2D eigenvalue weighted by Gasteiger charge is -2.26. The van der Waals surface area contributed by atoms with Crippen molar-refractivity contribution < 1.29 is 0 Å². The highest BCUT2D eigenvalue weighted by Gasteiger charge is 2.19. The normalized spacial score (nSPS) is 11.7. The van der Waals surface area contributed by atoms with Crippen LogP contribution in [0.4, 0.5) is 5.69 Å². The minimum absolute atomic E-state index is 0.319. The van der Waals surface area contributed by atoms with Gasteiger partial charge in [-0.1, -0.05) is 91.3 Å². The second kappa shape index (κ2) is 12.0. The molecule has 0 amide bonds. The van der Waals surface area contributed by atoms with Crippen molar-refractivity contribution in [3.63, 3.8) is 0 Å². The van der Waals surface area contributed by atoms with Crippen molar-refractivity contribution in [2.24, 2.45) is 28.2 Å². The molecular weight excluding hydrogens is 380 g/mol. The molecule has 0 radical (unpaired) electrons. The Hall–Kier alpha value is -2.17. The third-order valence-electron chi connectivity index (χ3n) is 6.20. The highest BCUT2D eigenvalue weighted by molar-refractivity contribution is 6.06. The van der Waals surface area contributed by atoms with Crippen LogP contribution in [0.15, 0.2) is 48.5 Å². The van der Waals surface area contributed by atoms with Gasteiger partial charge in [-0.3, -0.25) is 0 Å². The second-order valence-corrected chi connectivity index (χ2v) is 10.0. The summed E-state index contributed by atoms with van der Waals surface area (Å²) in [6.07, 6.45) is 2.48. The average Bonchev–Trinajstić information content (AvgIpc) is 2.75. The van der Waals surface area contributed by atoms with Crippen LogP contribution in [0.3, 0.4) is 0 Å². The van der Waals surface area contributed by atoms with E-state index in [2.05, 4.69) is 53.5 Å². The first-order chi connectivity index (χ1) is 14.5. The first-order valence-electron chi connectivity index (χ1n) is 11.4. The Labute approximate surface area is 189 Å². The summed E-state index contributed by atoms with van der Waals surface area (Å²) in [4.78, 5) is 4.56. The number of hydrogen-bond acceptors (Lipinski definition) is 4. The summed E-state index contributed by atoms with van der Waals surface area (Å²) in [6.45, 7) is 17.0. The third kappa shape index (κ3) is 8.12. The predicted octanol–water partition coefficient (Wildman–Crippen LogP) is 6.37. The number of anilines is 1. The Morgan fingerprint density at radius 2 is 1.26 bits per heavy atom. The Balaban J connectivity index is 0.000000259. The Morgan fingerprint density at radius 1 is 0.806 bits per heavy atom. The third-order valence-corrected chi connectivity index (χ3v) is 6.20. The van der Waals surface area contributed by atoms with Crippen LogP contribution in [0, 0.1) is 16.7 Å². The molecule has 0 atom stereocenters. The summed E-state index contributed by atoms with van der Waals surface area (Å²) in [5.41, 5.74) is 20.5. The lowest BCUT2D eigenvalue weighted by Crippen LogP contribution is -2.28. The molecule has 0 unspecified atom stereocenters. The molecule has 4 nitrogen and oxygen atoms in total. The number of pyridine rings is 1. The maximum Gasteiger partial charge on any atom is 0.0730 e. The van der Waals surface area contributed by atoms with E-state index in [1.807, 2.05) is 48.5 Å². The topological polar surface area (TPSA) is 91.0 Å². The molecule has 0 aliphatic rings. The molecule has 1 aromatic heterocycles. The molecule has 3 rings (SSSR count). The molecule has 0 aliphatic heterocycles. The van der Waals surface area contributed by atoms with Gasteiger partial charge in [0.05, 0.1) is 16.7 Å². The zero-order chi connectivity index (χ0) is 23.7. The molecule has 0 saturated carbocycles. The standard InChI is InChI=1S/C13H10N2.2C7H17N/c14-13-9-5-1-3-7-11(9)15-12-8-4-2-6-10(12)13;1-6(2)7(3,4)5-8;1-4-5-7(2,3)6-8/h1-8H,(H2,14,15);6H,5,8H2,1-4H3;4-6,8H2,1-3H3. The van der Waals surface area contributed by atoms with Crippen molar-refractivity contribution in [2.75, 3.05) is 18.8 Å². The molecule has 4 heteroatoms. The number of hydrogen-bond donors (Lipinski definition) is 3. The SMILES string of the molecule is CC(C)C(C)(C)CN.CCCC(C)(C)CN.Nc1c2ccccc2nc2ccccc12. The molecule has 172 valence electrons. The highest BCUT2D eigenvalue weighted by Crippen LogP contribution is 2.27. The fourth-order valence-electron chi connectivity index (χ4n) is 2.89. The van der Waals surface area contributed by atoms with Crippen molar-refractivity contribution in [1.29, 1.82) is 0 Å². The van der Waals surface area contributed by atoms with E-state index in [1.54, 1.807) is 0 Å². The number of nitrogens with two attached hydrogens (primary N) is 3. The summed E-state index contributed by atoms with van der Waals surface area (Å²) in [6, 6.07) is 15.9. The van der Waals surface area contributed by atoms with Gasteiger partial charge in [0.1, 0.15) is 0 Å². The van der Waals surface area contributed by atoms with Crippen LogP contribution >= 0.6 is 0 Å². The van der Waals surface area contributed by atoms with Crippen molar-refractivity contribution in [1.82, 2.24) is 4.98 Å². The van der Waals surface area contributed by atoms with Gasteiger partial charge in [0.15, 0.2) is 0 Å². The fraction of sp³-hybridized carbons (Fsp3) is 0.519. The van der Waals surface area contributed by atoms with Gasteiger partial charge in [-0.2, -0.15) is 0 Å². The van der Waals surface area contributed by atoms with Crippen LogP contribution in [0.5, 0.6) is 0 Å². The van der Waals surface area contributed by atoms with E-state index in [0.29, 0.717) is 16.7 Å². The molecule has 1 heterocycles. The number of rotatable bonds is 5. The largest absolute Gasteiger partial charge is 0.398 e. The van der Waals surface area contributed by atoms with E-state index >= 15 is 0 Å². The van der Waals surface area contributed by atoms with E-state index in [9.17, 15) is 0 Å². The number of para-hydroxylation sites is 2. The number of fused-ring (bicyclic) bond motifs is 2. The average molecular weight is 425 g/mol. The lowest BCUT2D eigenvalue weighted by atomic mass is 9.81. The van der Waals surface area contributed by atoms with Gasteiger partial charge in [0.2, 0.25) is 0 Å². The quantitative estimate of drug-likeness (QED) is 0.415. The smallest absolute Gasteiger partial charge is 0.0730 e. The van der Waals surface area contributed by atoms with Crippen LogP contribution in [0.25, 0.3) is 21.8 Å². The van der Waals surface area contributed by atoms with Gasteiger partial charge < -0.3 is 17.2 Å². The van der Waals surface area contributed by atoms with E-state index < -0.39 is 0 Å². The van der Waals surface area contributed by atoms with E-state index in [0.717, 1.165) is 40.6 Å². The Bertz CT molecular complexity index is 875. The summed E-state index contributed by atoms with van der Waals surface area (Å²) in [5, 5.41) is 2.05. The van der Waals surface area contributed by atoms with E-state index in [1.165, 1.54) is 12.8 Å². The molecule has 0 spiro atoms. The summed E-state index contributed by atoms with van der Waals surface area (Å²) < 4.78 is 0. The first kappa shape index (κ1) is 26.9. The highest BCUT2D eigenvalue weighted by atomic mass is 14.7. The minimum atomic E-state index is 0.319. The van der Waals surface area contributed by atoms with Gasteiger partial charge in [0, 0.05) is 10.8 Å². The molecule has 2 aromatic carbocycles. The van der Waals surface area contributed by atoms with Gasteiger partial charge in [-0.25, -0.2) is 4.98 Å². The van der Waals surface area contributed by atoms with Crippen LogP contribution < -0.4 is 17.2 Å². The molecule has 3 aromatic rings. The van der Waals surface area contributed by atoms with Gasteiger partial charge in [-0.05, 0) is 48.4 Å². The van der Waals surface area contributed by atoms with Crippen molar-refractivity contribution >= 4 is 27.5 Å². The van der Waals surface area contributed by atoms with E-state index in [-0.39, 0.29) is 0 Å². The number of benzene rings is 2. The monoisotopic (exact) mass is 424 g/mol. The summed E-state index contributed by atoms with van der Waals surface area (Å²) in [7, 11) is 0. The van der Waals surface area contributed by atoms with Crippen LogP contribution in [0.2, 0.25) is 0 Å². The van der Waals surface area contributed by atoms with Crippen molar-refractivity contribution in [2.45, 2.75) is 61.3 Å². The van der Waals surface area contributed by atoms with Gasteiger partial charge >= 0.3 is 0 Å². The van der Waals surface area contributed by atoms with Crippen LogP contribution in [0.1, 0.15) is 61.3 Å². The molecular formula is C27H44N4. The summed E-state index contributed by atoms with van der Waals surface area (Å²) >= 11 is 0. The molecule has 0 aliphatic carbocycles. The number of nitrogens with zero attached hydrogens (tertiary/aromatic N) is 1.